The van der Waals surface area contributed by atoms with Gasteiger partial charge in [-0.15, -0.1) is 0 Å². The van der Waals surface area contributed by atoms with Crippen molar-refractivity contribution in [1.82, 2.24) is 9.80 Å². The highest BCUT2D eigenvalue weighted by Gasteiger charge is 2.32. The highest BCUT2D eigenvalue weighted by atomic mass is 16.2. The van der Waals surface area contributed by atoms with E-state index in [-0.39, 0.29) is 6.04 Å². The predicted octanol–water partition coefficient (Wildman–Crippen LogP) is 1.73. The molecule has 3 heteroatoms. The number of likely N-dealkylation sites (tertiary alicyclic amines) is 2. The first-order chi connectivity index (χ1) is 7.72. The van der Waals surface area contributed by atoms with E-state index in [9.17, 15) is 4.79 Å². The number of piperidine rings is 1. The van der Waals surface area contributed by atoms with E-state index in [0.29, 0.717) is 5.91 Å². The van der Waals surface area contributed by atoms with Crippen LogP contribution < -0.4 is 0 Å². The Hall–Kier alpha value is -0.570. The van der Waals surface area contributed by atoms with Crippen molar-refractivity contribution in [1.29, 1.82) is 0 Å². The maximum atomic E-state index is 12.3. The lowest BCUT2D eigenvalue weighted by molar-refractivity contribution is -0.137. The maximum absolute atomic E-state index is 12.3. The van der Waals surface area contributed by atoms with E-state index in [1.807, 2.05) is 0 Å². The van der Waals surface area contributed by atoms with Crippen LogP contribution in [-0.4, -0.2) is 48.4 Å². The van der Waals surface area contributed by atoms with Gasteiger partial charge in [0.2, 0.25) is 5.91 Å². The number of carbonyl (C=O) groups is 1. The van der Waals surface area contributed by atoms with Gasteiger partial charge in [-0.3, -0.25) is 9.69 Å². The summed E-state index contributed by atoms with van der Waals surface area (Å²) in [5.41, 5.74) is 0. The number of hydrogen-bond acceptors (Lipinski definition) is 2. The lowest BCUT2D eigenvalue weighted by atomic mass is 9.94. The Labute approximate surface area is 98.8 Å². The van der Waals surface area contributed by atoms with Gasteiger partial charge >= 0.3 is 0 Å². The van der Waals surface area contributed by atoms with E-state index < -0.39 is 0 Å². The number of carbonyl (C=O) groups excluding carboxylic acids is 1. The second-order valence-electron chi connectivity index (χ2n) is 5.32. The molecule has 0 spiro atoms. The molecule has 2 heterocycles. The number of nitrogens with zero attached hydrogens (tertiary/aromatic N) is 2. The van der Waals surface area contributed by atoms with Crippen molar-refractivity contribution >= 4 is 5.91 Å². The van der Waals surface area contributed by atoms with Crippen molar-refractivity contribution in [2.24, 2.45) is 5.92 Å². The molecule has 1 amide bonds. The summed E-state index contributed by atoms with van der Waals surface area (Å²) >= 11 is 0. The molecule has 92 valence electrons. The summed E-state index contributed by atoms with van der Waals surface area (Å²) in [7, 11) is 2.08. The zero-order valence-corrected chi connectivity index (χ0v) is 10.6. The molecule has 0 aromatic heterocycles. The van der Waals surface area contributed by atoms with Gasteiger partial charge in [-0.25, -0.2) is 0 Å². The molecule has 0 aliphatic carbocycles. The van der Waals surface area contributed by atoms with Crippen LogP contribution in [0, 0.1) is 5.92 Å². The highest BCUT2D eigenvalue weighted by molar-refractivity contribution is 5.82. The topological polar surface area (TPSA) is 23.6 Å². The molecule has 2 fully saturated rings. The molecule has 2 aliphatic rings. The Morgan fingerprint density at radius 3 is 2.38 bits per heavy atom. The fraction of sp³-hybridized carbons (Fsp3) is 0.923. The van der Waals surface area contributed by atoms with Crippen molar-refractivity contribution in [2.45, 2.75) is 45.1 Å². The van der Waals surface area contributed by atoms with Crippen molar-refractivity contribution in [3.8, 4) is 0 Å². The second-order valence-corrected chi connectivity index (χ2v) is 5.32. The Balaban J connectivity index is 1.86. The number of likely N-dealkylation sites (N-methyl/N-ethyl adjacent to an activating group) is 1. The fourth-order valence-electron chi connectivity index (χ4n) is 2.99. The van der Waals surface area contributed by atoms with Crippen LogP contribution in [0.15, 0.2) is 0 Å². The first-order valence-electron chi connectivity index (χ1n) is 6.71. The average molecular weight is 224 g/mol. The second kappa shape index (κ2) is 5.17. The minimum absolute atomic E-state index is 0.179. The molecule has 0 unspecified atom stereocenters. The quantitative estimate of drug-likeness (QED) is 0.713. The van der Waals surface area contributed by atoms with E-state index in [0.717, 1.165) is 32.0 Å². The molecule has 3 nitrogen and oxygen atoms in total. The van der Waals surface area contributed by atoms with E-state index >= 15 is 0 Å². The molecule has 0 N–H and O–H groups in total. The lowest BCUT2D eigenvalue weighted by Gasteiger charge is -2.34. The summed E-state index contributed by atoms with van der Waals surface area (Å²) in [6.45, 7) is 5.32. The molecule has 0 aromatic rings. The van der Waals surface area contributed by atoms with Crippen molar-refractivity contribution in [3.63, 3.8) is 0 Å². The Morgan fingerprint density at radius 2 is 1.88 bits per heavy atom. The van der Waals surface area contributed by atoms with Gasteiger partial charge in [-0.05, 0) is 45.2 Å². The summed E-state index contributed by atoms with van der Waals surface area (Å²) in [6, 6.07) is 0.179. The molecule has 0 radical (unpaired) electrons. The molecule has 16 heavy (non-hydrogen) atoms. The van der Waals surface area contributed by atoms with Gasteiger partial charge in [0.05, 0.1) is 6.04 Å². The van der Waals surface area contributed by atoms with Crippen LogP contribution in [0.4, 0.5) is 0 Å². The van der Waals surface area contributed by atoms with Crippen molar-refractivity contribution in [3.05, 3.63) is 0 Å². The molecule has 2 aliphatic heterocycles. The lowest BCUT2D eigenvalue weighted by Crippen LogP contribution is -2.47. The van der Waals surface area contributed by atoms with Gasteiger partial charge in [0, 0.05) is 13.1 Å². The van der Waals surface area contributed by atoms with Gasteiger partial charge in [0.25, 0.3) is 0 Å². The monoisotopic (exact) mass is 224 g/mol. The number of hydrogen-bond donors (Lipinski definition) is 0. The van der Waals surface area contributed by atoms with Crippen LogP contribution in [0.1, 0.15) is 39.0 Å². The molecule has 2 saturated heterocycles. The molecule has 0 bridgehead atoms. The van der Waals surface area contributed by atoms with Gasteiger partial charge in [0.15, 0.2) is 0 Å². The standard InChI is InChI=1S/C13H24N2O/c1-3-11-6-9-15(10-7-11)13(16)12-5-4-8-14(12)2/h11-12H,3-10H2,1-2H3/t12-/m1/s1. The number of rotatable bonds is 2. The van der Waals surface area contributed by atoms with E-state index in [1.54, 1.807) is 0 Å². The van der Waals surface area contributed by atoms with Gasteiger partial charge in [-0.1, -0.05) is 13.3 Å². The van der Waals surface area contributed by atoms with Crippen LogP contribution in [0.2, 0.25) is 0 Å². The smallest absolute Gasteiger partial charge is 0.239 e. The Morgan fingerprint density at radius 1 is 1.19 bits per heavy atom. The largest absolute Gasteiger partial charge is 0.341 e. The van der Waals surface area contributed by atoms with Crippen LogP contribution in [-0.2, 0) is 4.79 Å². The molecule has 2 rings (SSSR count). The third-order valence-electron chi connectivity index (χ3n) is 4.31. The zero-order chi connectivity index (χ0) is 11.5. The maximum Gasteiger partial charge on any atom is 0.239 e. The van der Waals surface area contributed by atoms with Crippen LogP contribution in [0.5, 0.6) is 0 Å². The summed E-state index contributed by atoms with van der Waals surface area (Å²) in [4.78, 5) is 16.6. The molecule has 0 saturated carbocycles. The minimum atomic E-state index is 0.179. The normalized spacial score (nSPS) is 28.6. The fourth-order valence-corrected chi connectivity index (χ4v) is 2.99. The SMILES string of the molecule is CCC1CCN(C(=O)[C@H]2CCCN2C)CC1. The Kier molecular flexibility index (Phi) is 3.85. The summed E-state index contributed by atoms with van der Waals surface area (Å²) in [6.07, 6.45) is 5.92. The molecule has 0 aromatic carbocycles. The van der Waals surface area contributed by atoms with Gasteiger partial charge in [-0.2, -0.15) is 0 Å². The minimum Gasteiger partial charge on any atom is -0.341 e. The van der Waals surface area contributed by atoms with Crippen LogP contribution in [0.25, 0.3) is 0 Å². The van der Waals surface area contributed by atoms with Crippen molar-refractivity contribution in [2.75, 3.05) is 26.7 Å². The van der Waals surface area contributed by atoms with Crippen LogP contribution >= 0.6 is 0 Å². The Bertz CT molecular complexity index is 246. The summed E-state index contributed by atoms with van der Waals surface area (Å²) in [5, 5.41) is 0. The molecular formula is C13H24N2O. The van der Waals surface area contributed by atoms with Crippen molar-refractivity contribution < 1.29 is 4.79 Å². The predicted molar refractivity (Wildman–Crippen MR) is 65.2 cm³/mol. The zero-order valence-electron chi connectivity index (χ0n) is 10.6. The van der Waals surface area contributed by atoms with E-state index in [1.165, 1.54) is 25.7 Å². The third-order valence-corrected chi connectivity index (χ3v) is 4.31. The van der Waals surface area contributed by atoms with Gasteiger partial charge < -0.3 is 4.90 Å². The van der Waals surface area contributed by atoms with Gasteiger partial charge in [0.1, 0.15) is 0 Å². The average Bonchev–Trinajstić information content (AvgIpc) is 2.75. The van der Waals surface area contributed by atoms with Crippen LogP contribution in [0.3, 0.4) is 0 Å². The number of amides is 1. The molecule has 1 atom stereocenters. The first kappa shape index (κ1) is 11.9. The summed E-state index contributed by atoms with van der Waals surface area (Å²) < 4.78 is 0. The first-order valence-corrected chi connectivity index (χ1v) is 6.71. The van der Waals surface area contributed by atoms with E-state index in [2.05, 4.69) is 23.8 Å². The third kappa shape index (κ3) is 2.40. The highest BCUT2D eigenvalue weighted by Crippen LogP contribution is 2.23. The van der Waals surface area contributed by atoms with E-state index in [4.69, 9.17) is 0 Å². The summed E-state index contributed by atoms with van der Waals surface area (Å²) in [5.74, 6) is 1.24. The molecular weight excluding hydrogens is 200 g/mol.